The Morgan fingerprint density at radius 3 is 2.75 bits per heavy atom. The molecule has 1 aliphatic carbocycles. The number of fused-ring (bicyclic) bond motifs is 2. The van der Waals surface area contributed by atoms with Crippen molar-refractivity contribution in [3.63, 3.8) is 0 Å². The van der Waals surface area contributed by atoms with Crippen LogP contribution in [0.1, 0.15) is 46.4 Å². The minimum absolute atomic E-state index is 0.0937. The van der Waals surface area contributed by atoms with E-state index in [9.17, 15) is 14.7 Å². The van der Waals surface area contributed by atoms with Gasteiger partial charge in [0, 0.05) is 35.0 Å². The van der Waals surface area contributed by atoms with Gasteiger partial charge in [0.1, 0.15) is 5.69 Å². The molecule has 1 aliphatic rings. The van der Waals surface area contributed by atoms with Gasteiger partial charge < -0.3 is 10.4 Å². The van der Waals surface area contributed by atoms with Crippen LogP contribution in [0.2, 0.25) is 0 Å². The van der Waals surface area contributed by atoms with Crippen LogP contribution in [0.5, 0.6) is 0 Å². The Balaban J connectivity index is 1.77. The smallest absolute Gasteiger partial charge is 0.356 e. The van der Waals surface area contributed by atoms with Crippen molar-refractivity contribution in [2.24, 2.45) is 0 Å². The highest BCUT2D eigenvalue weighted by atomic mass is 16.4. The first-order valence-electron chi connectivity index (χ1n) is 10.6. The van der Waals surface area contributed by atoms with Crippen molar-refractivity contribution >= 4 is 28.1 Å². The Labute approximate surface area is 184 Å². The molecule has 1 atom stereocenters. The first-order chi connectivity index (χ1) is 15.6. The molecule has 7 heteroatoms. The van der Waals surface area contributed by atoms with Crippen molar-refractivity contribution in [1.29, 1.82) is 0 Å². The Morgan fingerprint density at radius 1 is 1.16 bits per heavy atom. The number of hydrogen-bond donors (Lipinski definition) is 2. The fourth-order valence-corrected chi connectivity index (χ4v) is 4.62. The number of pyridine rings is 1. The van der Waals surface area contributed by atoms with Crippen molar-refractivity contribution < 1.29 is 9.90 Å². The number of rotatable bonds is 5. The lowest BCUT2D eigenvalue weighted by molar-refractivity contribution is 0.0685. The second-order valence-corrected chi connectivity index (χ2v) is 7.89. The molecule has 0 bridgehead atoms. The van der Waals surface area contributed by atoms with Gasteiger partial charge in [-0.05, 0) is 30.9 Å². The highest BCUT2D eigenvalue weighted by Crippen LogP contribution is 2.42. The third kappa shape index (κ3) is 3.22. The minimum Gasteiger partial charge on any atom is -0.476 e. The number of nitrogens with zero attached hydrogens (tertiary/aromatic N) is 3. The van der Waals surface area contributed by atoms with E-state index in [0.29, 0.717) is 11.3 Å². The number of carboxylic acids is 1. The topological polar surface area (TPSA) is 97.1 Å². The molecule has 2 heterocycles. The number of aryl methyl sites for hydroxylation is 2. The summed E-state index contributed by atoms with van der Waals surface area (Å²) in [5, 5.41) is 19.3. The molecule has 32 heavy (non-hydrogen) atoms. The van der Waals surface area contributed by atoms with Crippen LogP contribution in [0.4, 0.5) is 11.4 Å². The van der Waals surface area contributed by atoms with Gasteiger partial charge in [0.05, 0.1) is 11.9 Å². The molecule has 7 nitrogen and oxygen atoms in total. The van der Waals surface area contributed by atoms with E-state index in [-0.39, 0.29) is 29.4 Å². The molecule has 0 aliphatic heterocycles. The minimum atomic E-state index is -1.15. The number of hydrogen-bond acceptors (Lipinski definition) is 5. The van der Waals surface area contributed by atoms with Crippen LogP contribution >= 0.6 is 0 Å². The molecule has 0 fully saturated rings. The van der Waals surface area contributed by atoms with Gasteiger partial charge in [-0.15, -0.1) is 0 Å². The van der Waals surface area contributed by atoms with E-state index in [1.165, 1.54) is 10.2 Å². The SMILES string of the molecule is CCn1nc(C(=O)O)c(C2CCc3ccccc32)c(Nc2cncc3ccccc23)c1=O. The first kappa shape index (κ1) is 19.9. The molecular weight excluding hydrogens is 404 g/mol. The van der Waals surface area contributed by atoms with Crippen LogP contribution in [0.15, 0.2) is 65.7 Å². The van der Waals surface area contributed by atoms with E-state index < -0.39 is 5.97 Å². The van der Waals surface area contributed by atoms with Gasteiger partial charge in [-0.25, -0.2) is 9.48 Å². The summed E-state index contributed by atoms with van der Waals surface area (Å²) in [6.45, 7) is 2.04. The number of nitrogens with one attached hydrogen (secondary N) is 1. The van der Waals surface area contributed by atoms with E-state index in [1.807, 2.05) is 42.5 Å². The summed E-state index contributed by atoms with van der Waals surface area (Å²) in [5.41, 5.74) is 3.12. The summed E-state index contributed by atoms with van der Waals surface area (Å²) < 4.78 is 1.20. The van der Waals surface area contributed by atoms with Gasteiger partial charge in [-0.1, -0.05) is 48.5 Å². The summed E-state index contributed by atoms with van der Waals surface area (Å²) in [5.74, 6) is -1.37. The van der Waals surface area contributed by atoms with E-state index >= 15 is 0 Å². The molecule has 0 amide bonds. The van der Waals surface area contributed by atoms with Crippen LogP contribution in [-0.2, 0) is 13.0 Å². The summed E-state index contributed by atoms with van der Waals surface area (Å²) in [6.07, 6.45) is 4.96. The molecule has 160 valence electrons. The molecule has 2 N–H and O–H groups in total. The van der Waals surface area contributed by atoms with Crippen LogP contribution in [0, 0.1) is 0 Å². The molecule has 4 aromatic rings. The third-order valence-electron chi connectivity index (χ3n) is 6.10. The van der Waals surface area contributed by atoms with Crippen molar-refractivity contribution in [3.05, 3.63) is 93.7 Å². The number of benzene rings is 2. The predicted molar refractivity (Wildman–Crippen MR) is 123 cm³/mol. The zero-order chi connectivity index (χ0) is 22.2. The lowest BCUT2D eigenvalue weighted by Crippen LogP contribution is -2.30. The second kappa shape index (κ2) is 7.92. The standard InChI is InChI=1S/C25H22N4O3/c1-2-29-24(30)22(27-20-14-26-13-16-8-4-6-10-18(16)20)21(23(28-29)25(31)32)19-12-11-15-7-3-5-9-17(15)19/h3-10,13-14,19,27H,2,11-12H2,1H3,(H,31,32). The number of carbonyl (C=O) groups is 1. The average molecular weight is 426 g/mol. The van der Waals surface area contributed by atoms with Crippen LogP contribution < -0.4 is 10.9 Å². The first-order valence-corrected chi connectivity index (χ1v) is 10.6. The van der Waals surface area contributed by atoms with Crippen molar-refractivity contribution in [2.75, 3.05) is 5.32 Å². The number of aromatic nitrogens is 3. The van der Waals surface area contributed by atoms with Gasteiger partial charge in [-0.3, -0.25) is 9.78 Å². The zero-order valence-electron chi connectivity index (χ0n) is 17.6. The predicted octanol–water partition coefficient (Wildman–Crippen LogP) is 4.33. The van der Waals surface area contributed by atoms with E-state index in [4.69, 9.17) is 0 Å². The summed E-state index contributed by atoms with van der Waals surface area (Å²) in [7, 11) is 0. The number of aromatic carboxylic acids is 1. The Hall–Kier alpha value is -4.00. The number of anilines is 2. The molecule has 1 unspecified atom stereocenters. The van der Waals surface area contributed by atoms with Gasteiger partial charge in [-0.2, -0.15) is 5.10 Å². The van der Waals surface area contributed by atoms with E-state index in [2.05, 4.69) is 21.5 Å². The molecule has 0 spiro atoms. The van der Waals surface area contributed by atoms with Crippen LogP contribution in [-0.4, -0.2) is 25.8 Å². The van der Waals surface area contributed by atoms with Crippen molar-refractivity contribution in [1.82, 2.24) is 14.8 Å². The zero-order valence-corrected chi connectivity index (χ0v) is 17.6. The van der Waals surface area contributed by atoms with E-state index in [0.717, 1.165) is 29.2 Å². The lowest BCUT2D eigenvalue weighted by Gasteiger charge is -2.21. The Bertz CT molecular complexity index is 1400. The van der Waals surface area contributed by atoms with Crippen LogP contribution in [0.3, 0.4) is 0 Å². The molecule has 2 aromatic carbocycles. The van der Waals surface area contributed by atoms with Gasteiger partial charge in [0.2, 0.25) is 0 Å². The monoisotopic (exact) mass is 426 g/mol. The maximum atomic E-state index is 13.4. The van der Waals surface area contributed by atoms with Crippen LogP contribution in [0.25, 0.3) is 10.8 Å². The quantitative estimate of drug-likeness (QED) is 0.493. The third-order valence-corrected chi connectivity index (χ3v) is 6.10. The summed E-state index contributed by atoms with van der Waals surface area (Å²) in [6, 6.07) is 15.7. The molecule has 0 saturated heterocycles. The van der Waals surface area contributed by atoms with Gasteiger partial charge in [0.25, 0.3) is 5.56 Å². The molecule has 5 rings (SSSR count). The molecular formula is C25H22N4O3. The molecule has 0 saturated carbocycles. The Kier molecular flexibility index (Phi) is 4.93. The second-order valence-electron chi connectivity index (χ2n) is 7.89. The Morgan fingerprint density at radius 2 is 1.94 bits per heavy atom. The fraction of sp³-hybridized carbons (Fsp3) is 0.200. The maximum absolute atomic E-state index is 13.4. The normalized spacial score (nSPS) is 15.0. The van der Waals surface area contributed by atoms with E-state index in [1.54, 1.807) is 19.3 Å². The highest BCUT2D eigenvalue weighted by Gasteiger charge is 2.33. The molecule has 2 aromatic heterocycles. The fourth-order valence-electron chi connectivity index (χ4n) is 4.62. The van der Waals surface area contributed by atoms with Gasteiger partial charge >= 0.3 is 5.97 Å². The van der Waals surface area contributed by atoms with Gasteiger partial charge in [0.15, 0.2) is 5.69 Å². The molecule has 0 radical (unpaired) electrons. The van der Waals surface area contributed by atoms with Crippen molar-refractivity contribution in [2.45, 2.75) is 32.2 Å². The maximum Gasteiger partial charge on any atom is 0.356 e. The highest BCUT2D eigenvalue weighted by molar-refractivity contribution is 5.96. The average Bonchev–Trinajstić information content (AvgIpc) is 3.24. The largest absolute Gasteiger partial charge is 0.476 e. The number of carboxylic acid groups (broad SMARTS) is 1. The van der Waals surface area contributed by atoms with Crippen molar-refractivity contribution in [3.8, 4) is 0 Å². The lowest BCUT2D eigenvalue weighted by atomic mass is 9.90. The summed E-state index contributed by atoms with van der Waals surface area (Å²) in [4.78, 5) is 30.0. The summed E-state index contributed by atoms with van der Waals surface area (Å²) >= 11 is 0.